The van der Waals surface area contributed by atoms with Crippen molar-refractivity contribution in [3.8, 4) is 0 Å². The van der Waals surface area contributed by atoms with E-state index >= 15 is 0 Å². The average Bonchev–Trinajstić information content (AvgIpc) is 0.722. The van der Waals surface area contributed by atoms with Crippen LogP contribution in [0.3, 0.4) is 0 Å². The molecule has 0 aliphatic heterocycles. The summed E-state index contributed by atoms with van der Waals surface area (Å²) in [6.45, 7) is 0. The summed E-state index contributed by atoms with van der Waals surface area (Å²) in [4.78, 5) is 0. The third-order valence-corrected chi connectivity index (χ3v) is 0. The molecule has 0 unspecified atom stereocenters. The SMILES string of the molecule is O=[Se](=O)(O)O.[Po]. The van der Waals surface area contributed by atoms with Crippen molar-refractivity contribution >= 4 is 39.9 Å². The largest absolute Gasteiger partial charge is 0 e. The molecule has 0 aromatic rings. The van der Waals surface area contributed by atoms with E-state index in [9.17, 15) is 0 Å². The van der Waals surface area contributed by atoms with E-state index in [2.05, 4.69) is 0 Å². The normalized spacial score (nSPS) is 9.67. The third kappa shape index (κ3) is 87.3. The molecule has 2 radical (unpaired) electrons. The van der Waals surface area contributed by atoms with Crippen LogP contribution < -0.4 is 0 Å². The fourth-order valence-electron chi connectivity index (χ4n) is 0. The molecule has 0 saturated heterocycles. The van der Waals surface area contributed by atoms with E-state index in [1.54, 1.807) is 0 Å². The monoisotopic (exact) mass is 355 g/mol. The molecule has 6 heavy (non-hydrogen) atoms. The van der Waals surface area contributed by atoms with Gasteiger partial charge in [0, 0.05) is 26.6 Å². The van der Waals surface area contributed by atoms with Crippen molar-refractivity contribution in [2.45, 2.75) is 0 Å². The fourth-order valence-corrected chi connectivity index (χ4v) is 0. The summed E-state index contributed by atoms with van der Waals surface area (Å²) in [6.07, 6.45) is 0. The van der Waals surface area contributed by atoms with Gasteiger partial charge in [-0.15, -0.1) is 0 Å². The van der Waals surface area contributed by atoms with E-state index in [0.29, 0.717) is 0 Å². The van der Waals surface area contributed by atoms with Crippen molar-refractivity contribution in [3.63, 3.8) is 0 Å². The minimum atomic E-state index is -5.25. The molecule has 0 aliphatic carbocycles. The van der Waals surface area contributed by atoms with Gasteiger partial charge >= 0.3 is 29.4 Å². The van der Waals surface area contributed by atoms with Crippen molar-refractivity contribution in [2.75, 3.05) is 0 Å². The van der Waals surface area contributed by atoms with Crippen LogP contribution in [0.5, 0.6) is 0 Å². The molecule has 0 atom stereocenters. The van der Waals surface area contributed by atoms with Gasteiger partial charge in [0.2, 0.25) is 0 Å². The van der Waals surface area contributed by atoms with Gasteiger partial charge in [0.1, 0.15) is 0 Å². The summed E-state index contributed by atoms with van der Waals surface area (Å²) in [5.74, 6) is 0. The molecule has 0 rings (SSSR count). The molecule has 38 valence electrons. The van der Waals surface area contributed by atoms with Gasteiger partial charge < -0.3 is 0 Å². The fraction of sp³-hybridized carbons (Fsp3) is 0. The Balaban J connectivity index is 0. The zero-order chi connectivity index (χ0) is 4.50. The average molecular weight is 354 g/mol. The Labute approximate surface area is 55.9 Å². The quantitative estimate of drug-likeness (QED) is 0.489. The molecule has 0 saturated carbocycles. The van der Waals surface area contributed by atoms with Crippen LogP contribution in [0.4, 0.5) is 0 Å². The smallest absolute Gasteiger partial charge is 0 e. The molecule has 0 fully saturated rings. The summed E-state index contributed by atoms with van der Waals surface area (Å²) < 4.78 is 31.9. The van der Waals surface area contributed by atoms with Crippen molar-refractivity contribution in [2.24, 2.45) is 0 Å². The molecule has 2 N–H and O–H groups in total. The first-order valence-electron chi connectivity index (χ1n) is 0.698. The van der Waals surface area contributed by atoms with Crippen molar-refractivity contribution < 1.29 is 16.0 Å². The molecule has 4 nitrogen and oxygen atoms in total. The molecule has 0 aliphatic rings. The molecule has 0 amide bonds. The van der Waals surface area contributed by atoms with Gasteiger partial charge in [-0.25, -0.2) is 0 Å². The first kappa shape index (κ1) is 10.0. The van der Waals surface area contributed by atoms with Gasteiger partial charge in [0.15, 0.2) is 0 Å². The first-order valence-corrected chi connectivity index (χ1v) is 3.63. The van der Waals surface area contributed by atoms with E-state index in [-0.39, 0.29) is 26.6 Å². The third-order valence-electron chi connectivity index (χ3n) is 0. The van der Waals surface area contributed by atoms with Crippen LogP contribution >= 0.6 is 0 Å². The van der Waals surface area contributed by atoms with Crippen LogP contribution in [0, 0.1) is 0 Å². The van der Waals surface area contributed by atoms with E-state index in [4.69, 9.17) is 16.0 Å². The van der Waals surface area contributed by atoms with Crippen LogP contribution in [-0.4, -0.2) is 48.3 Å². The Morgan fingerprint density at radius 2 is 1.17 bits per heavy atom. The molecule has 0 heterocycles. The standard InChI is InChI=1S/H2O4Se.Po/c1-5(2,3)4;/h(H2,1,2,3,4);. The predicted molar refractivity (Wildman–Crippen MR) is 17.3 cm³/mol. The van der Waals surface area contributed by atoms with Crippen LogP contribution in [-0.2, 0) is 7.67 Å². The molecular weight excluding hydrogens is 352 g/mol. The van der Waals surface area contributed by atoms with Crippen LogP contribution in [0.25, 0.3) is 0 Å². The minimum absolute atomic E-state index is 0. The maximum atomic E-state index is 8.82. The van der Waals surface area contributed by atoms with Crippen molar-refractivity contribution in [3.05, 3.63) is 0 Å². The summed E-state index contributed by atoms with van der Waals surface area (Å²) in [7, 11) is 0. The molecule has 0 aromatic heterocycles. The van der Waals surface area contributed by atoms with Crippen LogP contribution in [0.15, 0.2) is 0 Å². The maximum Gasteiger partial charge on any atom is 0 e. The molecule has 0 aromatic carbocycles. The van der Waals surface area contributed by atoms with Gasteiger partial charge in [-0.1, -0.05) is 0 Å². The Morgan fingerprint density at radius 3 is 1.17 bits per heavy atom. The van der Waals surface area contributed by atoms with E-state index < -0.39 is 13.4 Å². The van der Waals surface area contributed by atoms with E-state index in [1.807, 2.05) is 0 Å². The van der Waals surface area contributed by atoms with Crippen LogP contribution in [0.2, 0.25) is 0 Å². The second-order valence-electron chi connectivity index (χ2n) is 0.448. The summed E-state index contributed by atoms with van der Waals surface area (Å²) in [5, 5.41) is 0. The Morgan fingerprint density at radius 1 is 1.17 bits per heavy atom. The Kier molecular flexibility index (Phi) is 5.03. The van der Waals surface area contributed by atoms with Gasteiger partial charge in [0.25, 0.3) is 0 Å². The molecule has 0 spiro atoms. The molecule has 6 heteroatoms. The van der Waals surface area contributed by atoms with E-state index in [0.717, 1.165) is 0 Å². The molecular formula is H2O4PoSe. The topological polar surface area (TPSA) is 74.6 Å². The molecule has 0 bridgehead atoms. The van der Waals surface area contributed by atoms with Gasteiger partial charge in [-0.3, -0.25) is 0 Å². The van der Waals surface area contributed by atoms with Crippen molar-refractivity contribution in [1.82, 2.24) is 0 Å². The number of hydrogen-bond acceptors (Lipinski definition) is 2. The summed E-state index contributed by atoms with van der Waals surface area (Å²) in [5.41, 5.74) is 0. The second-order valence-corrected chi connectivity index (χ2v) is 2.33. The maximum absolute atomic E-state index is 8.82. The van der Waals surface area contributed by atoms with Gasteiger partial charge in [0.05, 0.1) is 0 Å². The van der Waals surface area contributed by atoms with Crippen LogP contribution in [0.1, 0.15) is 0 Å². The second kappa shape index (κ2) is 3.01. The summed E-state index contributed by atoms with van der Waals surface area (Å²) >= 11 is -5.25. The van der Waals surface area contributed by atoms with Gasteiger partial charge in [-0.2, -0.15) is 0 Å². The number of rotatable bonds is 0. The Bertz CT molecular complexity index is 90.7. The van der Waals surface area contributed by atoms with Gasteiger partial charge in [-0.05, 0) is 0 Å². The minimum Gasteiger partial charge on any atom is 0 e. The summed E-state index contributed by atoms with van der Waals surface area (Å²) in [6, 6.07) is 0. The Hall–Kier alpha value is 0.936. The van der Waals surface area contributed by atoms with E-state index in [1.165, 1.54) is 0 Å². The zero-order valence-corrected chi connectivity index (χ0v) is 7.41. The zero-order valence-electron chi connectivity index (χ0n) is 2.53. The number of hydrogen-bond donors (Lipinski definition) is 2. The van der Waals surface area contributed by atoms with Crippen molar-refractivity contribution in [1.29, 1.82) is 0 Å². The first-order chi connectivity index (χ1) is 2.00. The predicted octanol–water partition coefficient (Wildman–Crippen LogP) is -2.11.